The Labute approximate surface area is 118 Å². The summed E-state index contributed by atoms with van der Waals surface area (Å²) in [5.74, 6) is -0.535. The summed E-state index contributed by atoms with van der Waals surface area (Å²) >= 11 is 0. The maximum Gasteiger partial charge on any atom is 0.326 e. The topological polar surface area (TPSA) is 66.8 Å². The second kappa shape index (κ2) is 5.94. The first-order valence-electron chi connectivity index (χ1n) is 6.73. The number of likely N-dealkylation sites (tertiary alicyclic amines) is 1. The van der Waals surface area contributed by atoms with Crippen LogP contribution < -0.4 is 4.74 Å². The second-order valence-electron chi connectivity index (χ2n) is 5.03. The number of hydrogen-bond acceptors (Lipinski definition) is 3. The van der Waals surface area contributed by atoms with Gasteiger partial charge in [0.25, 0.3) is 5.91 Å². The van der Waals surface area contributed by atoms with Crippen molar-refractivity contribution in [1.29, 1.82) is 0 Å². The molecule has 0 bridgehead atoms. The Kier molecular flexibility index (Phi) is 4.27. The molecular weight excluding hydrogens is 258 g/mol. The second-order valence-corrected chi connectivity index (χ2v) is 5.03. The molecule has 1 aliphatic rings. The van der Waals surface area contributed by atoms with Crippen molar-refractivity contribution in [2.45, 2.75) is 32.2 Å². The van der Waals surface area contributed by atoms with E-state index in [2.05, 4.69) is 0 Å². The van der Waals surface area contributed by atoms with Gasteiger partial charge in [0.1, 0.15) is 11.8 Å². The van der Waals surface area contributed by atoms with E-state index >= 15 is 0 Å². The van der Waals surface area contributed by atoms with Crippen molar-refractivity contribution in [2.75, 3.05) is 13.7 Å². The number of amides is 1. The largest absolute Gasteiger partial charge is 0.496 e. The van der Waals surface area contributed by atoms with E-state index in [1.165, 1.54) is 4.90 Å². The average molecular weight is 277 g/mol. The molecule has 2 rings (SSSR count). The molecule has 1 heterocycles. The molecule has 1 aliphatic heterocycles. The van der Waals surface area contributed by atoms with Gasteiger partial charge in [-0.05, 0) is 43.9 Å². The maximum absolute atomic E-state index is 12.5. The molecule has 1 atom stereocenters. The van der Waals surface area contributed by atoms with Crippen LogP contribution in [-0.4, -0.2) is 41.6 Å². The van der Waals surface area contributed by atoms with E-state index in [0.29, 0.717) is 24.3 Å². The Morgan fingerprint density at radius 3 is 2.75 bits per heavy atom. The number of carboxylic acid groups (broad SMARTS) is 1. The normalized spacial score (nSPS) is 18.7. The molecule has 0 saturated carbocycles. The summed E-state index contributed by atoms with van der Waals surface area (Å²) in [5.41, 5.74) is 1.41. The lowest BCUT2D eigenvalue weighted by atomic mass is 10.0. The van der Waals surface area contributed by atoms with Gasteiger partial charge in [0.15, 0.2) is 0 Å². The molecule has 1 saturated heterocycles. The first-order chi connectivity index (χ1) is 9.54. The number of carbonyl (C=O) groups excluding carboxylic acids is 1. The van der Waals surface area contributed by atoms with E-state index < -0.39 is 12.0 Å². The van der Waals surface area contributed by atoms with Gasteiger partial charge in [0.2, 0.25) is 0 Å². The zero-order valence-corrected chi connectivity index (χ0v) is 11.8. The summed E-state index contributed by atoms with van der Waals surface area (Å²) in [6.45, 7) is 2.39. The van der Waals surface area contributed by atoms with E-state index in [1.807, 2.05) is 13.0 Å². The standard InChI is InChI=1S/C15H19NO4/c1-10-6-7-11(9-13(10)20-2)14(17)16-8-4-3-5-12(16)15(18)19/h6-7,9,12H,3-5,8H2,1-2H3,(H,18,19). The van der Waals surface area contributed by atoms with Crippen LogP contribution in [0.4, 0.5) is 0 Å². The van der Waals surface area contributed by atoms with E-state index in [-0.39, 0.29) is 5.91 Å². The monoisotopic (exact) mass is 277 g/mol. The third-order valence-corrected chi connectivity index (χ3v) is 3.70. The minimum atomic E-state index is -0.933. The lowest BCUT2D eigenvalue weighted by Gasteiger charge is -2.33. The predicted octanol–water partition coefficient (Wildman–Crippen LogP) is 2.08. The Bertz CT molecular complexity index is 527. The van der Waals surface area contributed by atoms with Crippen molar-refractivity contribution in [3.63, 3.8) is 0 Å². The van der Waals surface area contributed by atoms with Gasteiger partial charge >= 0.3 is 5.97 Å². The Hall–Kier alpha value is -2.04. The van der Waals surface area contributed by atoms with Gasteiger partial charge in [-0.2, -0.15) is 0 Å². The fourth-order valence-corrected chi connectivity index (χ4v) is 2.55. The zero-order chi connectivity index (χ0) is 14.7. The van der Waals surface area contributed by atoms with Crippen LogP contribution in [0.3, 0.4) is 0 Å². The average Bonchev–Trinajstić information content (AvgIpc) is 2.47. The minimum absolute atomic E-state index is 0.240. The summed E-state index contributed by atoms with van der Waals surface area (Å²) in [6, 6.07) is 4.48. The number of benzene rings is 1. The zero-order valence-electron chi connectivity index (χ0n) is 11.8. The van der Waals surface area contributed by atoms with E-state index in [4.69, 9.17) is 4.74 Å². The molecule has 1 unspecified atom stereocenters. The highest BCUT2D eigenvalue weighted by Gasteiger charge is 2.32. The number of nitrogens with zero attached hydrogens (tertiary/aromatic N) is 1. The number of hydrogen-bond donors (Lipinski definition) is 1. The lowest BCUT2D eigenvalue weighted by molar-refractivity contribution is -0.143. The molecule has 0 spiro atoms. The van der Waals surface area contributed by atoms with Gasteiger partial charge in [-0.3, -0.25) is 4.79 Å². The Balaban J connectivity index is 2.27. The van der Waals surface area contributed by atoms with Crippen LogP contribution in [0.2, 0.25) is 0 Å². The number of ether oxygens (including phenoxy) is 1. The van der Waals surface area contributed by atoms with Gasteiger partial charge in [0, 0.05) is 12.1 Å². The molecule has 1 aromatic carbocycles. The summed E-state index contributed by atoms with van der Waals surface area (Å²) in [6.07, 6.45) is 2.21. The van der Waals surface area contributed by atoms with Crippen LogP contribution in [0, 0.1) is 6.92 Å². The maximum atomic E-state index is 12.5. The summed E-state index contributed by atoms with van der Waals surface area (Å²) in [7, 11) is 1.55. The highest BCUT2D eigenvalue weighted by molar-refractivity contribution is 5.97. The molecule has 1 aromatic rings. The smallest absolute Gasteiger partial charge is 0.326 e. The Morgan fingerprint density at radius 2 is 2.10 bits per heavy atom. The lowest BCUT2D eigenvalue weighted by Crippen LogP contribution is -2.47. The van der Waals surface area contributed by atoms with Gasteiger partial charge in [-0.15, -0.1) is 0 Å². The van der Waals surface area contributed by atoms with Crippen molar-refractivity contribution in [3.8, 4) is 5.75 Å². The van der Waals surface area contributed by atoms with Crippen molar-refractivity contribution < 1.29 is 19.4 Å². The van der Waals surface area contributed by atoms with Gasteiger partial charge in [0.05, 0.1) is 7.11 Å². The molecule has 0 aliphatic carbocycles. The molecule has 5 nitrogen and oxygen atoms in total. The first-order valence-corrected chi connectivity index (χ1v) is 6.73. The van der Waals surface area contributed by atoms with Crippen LogP contribution >= 0.6 is 0 Å². The fourth-order valence-electron chi connectivity index (χ4n) is 2.55. The van der Waals surface area contributed by atoms with Crippen molar-refractivity contribution in [1.82, 2.24) is 4.90 Å². The molecule has 108 valence electrons. The quantitative estimate of drug-likeness (QED) is 0.918. The summed E-state index contributed by atoms with van der Waals surface area (Å²) in [5, 5.41) is 9.23. The molecular formula is C15H19NO4. The van der Waals surface area contributed by atoms with Crippen molar-refractivity contribution in [2.24, 2.45) is 0 Å². The summed E-state index contributed by atoms with van der Waals surface area (Å²) in [4.78, 5) is 25.2. The van der Waals surface area contributed by atoms with Crippen LogP contribution in [0.15, 0.2) is 18.2 Å². The Morgan fingerprint density at radius 1 is 1.35 bits per heavy atom. The first kappa shape index (κ1) is 14.4. The van der Waals surface area contributed by atoms with Crippen molar-refractivity contribution >= 4 is 11.9 Å². The number of aryl methyl sites for hydroxylation is 1. The number of aliphatic carboxylic acids is 1. The molecule has 1 amide bonds. The molecule has 1 fully saturated rings. The van der Waals surface area contributed by atoms with E-state index in [0.717, 1.165) is 18.4 Å². The number of rotatable bonds is 3. The predicted molar refractivity (Wildman–Crippen MR) is 74.0 cm³/mol. The third-order valence-electron chi connectivity index (χ3n) is 3.70. The minimum Gasteiger partial charge on any atom is -0.496 e. The van der Waals surface area contributed by atoms with E-state index in [1.54, 1.807) is 19.2 Å². The number of carbonyl (C=O) groups is 2. The molecule has 20 heavy (non-hydrogen) atoms. The molecule has 1 N–H and O–H groups in total. The van der Waals surface area contributed by atoms with Crippen LogP contribution in [0.5, 0.6) is 5.75 Å². The highest BCUT2D eigenvalue weighted by atomic mass is 16.5. The van der Waals surface area contributed by atoms with Gasteiger partial charge < -0.3 is 14.7 Å². The van der Waals surface area contributed by atoms with Crippen molar-refractivity contribution in [3.05, 3.63) is 29.3 Å². The van der Waals surface area contributed by atoms with Crippen LogP contribution in [-0.2, 0) is 4.79 Å². The molecule has 0 aromatic heterocycles. The fraction of sp³-hybridized carbons (Fsp3) is 0.467. The SMILES string of the molecule is COc1cc(C(=O)N2CCCCC2C(=O)O)ccc1C. The molecule has 0 radical (unpaired) electrons. The third kappa shape index (κ3) is 2.76. The van der Waals surface area contributed by atoms with Gasteiger partial charge in [-0.1, -0.05) is 6.07 Å². The van der Waals surface area contributed by atoms with Gasteiger partial charge in [-0.25, -0.2) is 4.79 Å². The van der Waals surface area contributed by atoms with Crippen LogP contribution in [0.1, 0.15) is 35.2 Å². The van der Waals surface area contributed by atoms with Crippen LogP contribution in [0.25, 0.3) is 0 Å². The number of methoxy groups -OCH3 is 1. The van der Waals surface area contributed by atoms with E-state index in [9.17, 15) is 14.7 Å². The summed E-state index contributed by atoms with van der Waals surface area (Å²) < 4.78 is 5.21. The number of carboxylic acids is 1. The number of piperidine rings is 1. The molecule has 5 heteroatoms. The highest BCUT2D eigenvalue weighted by Crippen LogP contribution is 2.23.